The Kier molecular flexibility index (Phi) is 7.36. The first-order chi connectivity index (χ1) is 9.60. The van der Waals surface area contributed by atoms with Crippen molar-refractivity contribution < 1.29 is 19.8 Å². The van der Waals surface area contributed by atoms with Crippen LogP contribution in [0.1, 0.15) is 51.9 Å². The lowest BCUT2D eigenvalue weighted by molar-refractivity contribution is -0.139. The number of amides is 2. The molecule has 0 spiro atoms. The van der Waals surface area contributed by atoms with Gasteiger partial charge in [-0.2, -0.15) is 0 Å². The summed E-state index contributed by atoms with van der Waals surface area (Å²) in [6.45, 7) is 2.49. The van der Waals surface area contributed by atoms with E-state index in [9.17, 15) is 14.7 Å². The first-order valence-electron chi connectivity index (χ1n) is 7.51. The van der Waals surface area contributed by atoms with Crippen LogP contribution in [-0.4, -0.2) is 52.3 Å². The molecule has 2 unspecified atom stereocenters. The molecule has 6 heteroatoms. The number of nitrogens with one attached hydrogen (secondary N) is 1. The van der Waals surface area contributed by atoms with Crippen LogP contribution in [-0.2, 0) is 4.79 Å². The van der Waals surface area contributed by atoms with Gasteiger partial charge in [-0.25, -0.2) is 9.59 Å². The minimum absolute atomic E-state index is 0.0693. The topological polar surface area (TPSA) is 89.9 Å². The number of aliphatic carboxylic acids is 1. The Balaban J connectivity index is 2.62. The van der Waals surface area contributed by atoms with Gasteiger partial charge in [0.25, 0.3) is 0 Å². The second-order valence-electron chi connectivity index (χ2n) is 5.36. The van der Waals surface area contributed by atoms with E-state index in [4.69, 9.17) is 5.11 Å². The Bertz CT molecular complexity index is 322. The van der Waals surface area contributed by atoms with Gasteiger partial charge in [0, 0.05) is 6.54 Å². The zero-order chi connectivity index (χ0) is 15.0. The third-order valence-electron chi connectivity index (χ3n) is 3.79. The Morgan fingerprint density at radius 3 is 2.70 bits per heavy atom. The Labute approximate surface area is 120 Å². The summed E-state index contributed by atoms with van der Waals surface area (Å²) in [4.78, 5) is 25.0. The van der Waals surface area contributed by atoms with Crippen molar-refractivity contribution in [1.29, 1.82) is 0 Å². The van der Waals surface area contributed by atoms with Crippen LogP contribution < -0.4 is 5.32 Å². The number of urea groups is 1. The van der Waals surface area contributed by atoms with Crippen LogP contribution in [0.4, 0.5) is 4.79 Å². The van der Waals surface area contributed by atoms with Gasteiger partial charge in [0.2, 0.25) is 0 Å². The van der Waals surface area contributed by atoms with Gasteiger partial charge in [0.15, 0.2) is 0 Å². The standard InChI is InChI=1S/C14H26N2O4/c1-2-3-8-12(13(18)19)15-14(20)16-9-6-4-5-7-11(16)10-17/h11-12,17H,2-10H2,1H3,(H,15,20)(H,18,19). The van der Waals surface area contributed by atoms with Crippen molar-refractivity contribution in [2.75, 3.05) is 13.2 Å². The Morgan fingerprint density at radius 2 is 2.10 bits per heavy atom. The van der Waals surface area contributed by atoms with E-state index in [1.165, 1.54) is 0 Å². The highest BCUT2D eigenvalue weighted by atomic mass is 16.4. The van der Waals surface area contributed by atoms with E-state index in [1.54, 1.807) is 4.90 Å². The molecule has 3 N–H and O–H groups in total. The third-order valence-corrected chi connectivity index (χ3v) is 3.79. The fraction of sp³-hybridized carbons (Fsp3) is 0.857. The van der Waals surface area contributed by atoms with E-state index < -0.39 is 12.0 Å². The number of carbonyl (C=O) groups excluding carboxylic acids is 1. The molecule has 116 valence electrons. The highest BCUT2D eigenvalue weighted by molar-refractivity contribution is 5.82. The van der Waals surface area contributed by atoms with Crippen molar-refractivity contribution in [1.82, 2.24) is 10.2 Å². The molecule has 2 atom stereocenters. The summed E-state index contributed by atoms with van der Waals surface area (Å²) in [5, 5.41) is 21.1. The number of hydrogen-bond acceptors (Lipinski definition) is 3. The second-order valence-corrected chi connectivity index (χ2v) is 5.36. The summed E-state index contributed by atoms with van der Waals surface area (Å²) in [5.41, 5.74) is 0. The van der Waals surface area contributed by atoms with Crippen LogP contribution >= 0.6 is 0 Å². The summed E-state index contributed by atoms with van der Waals surface area (Å²) < 4.78 is 0. The lowest BCUT2D eigenvalue weighted by atomic mass is 10.1. The molecule has 1 aliphatic rings. The van der Waals surface area contributed by atoms with E-state index in [0.29, 0.717) is 13.0 Å². The molecule has 2 amide bonds. The predicted molar refractivity (Wildman–Crippen MR) is 75.5 cm³/mol. The quantitative estimate of drug-likeness (QED) is 0.691. The molecule has 1 fully saturated rings. The Morgan fingerprint density at radius 1 is 1.35 bits per heavy atom. The Hall–Kier alpha value is -1.30. The number of unbranched alkanes of at least 4 members (excludes halogenated alkanes) is 1. The molecule has 0 aliphatic carbocycles. The van der Waals surface area contributed by atoms with E-state index in [0.717, 1.165) is 38.5 Å². The molecule has 0 saturated carbocycles. The molecule has 0 aromatic carbocycles. The molecule has 1 rings (SSSR count). The van der Waals surface area contributed by atoms with Crippen molar-refractivity contribution in [3.05, 3.63) is 0 Å². The number of likely N-dealkylation sites (tertiary alicyclic amines) is 1. The number of aliphatic hydroxyl groups is 1. The second kappa shape index (κ2) is 8.79. The average molecular weight is 286 g/mol. The van der Waals surface area contributed by atoms with Crippen LogP contribution in [0.3, 0.4) is 0 Å². The van der Waals surface area contributed by atoms with E-state index >= 15 is 0 Å². The van der Waals surface area contributed by atoms with Crippen molar-refractivity contribution in [2.45, 2.75) is 64.0 Å². The maximum atomic E-state index is 12.2. The molecule has 0 radical (unpaired) electrons. The molecule has 0 aromatic heterocycles. The molecule has 0 aromatic rings. The number of aliphatic hydroxyl groups excluding tert-OH is 1. The van der Waals surface area contributed by atoms with Gasteiger partial charge in [-0.1, -0.05) is 32.6 Å². The van der Waals surface area contributed by atoms with Gasteiger partial charge in [-0.15, -0.1) is 0 Å². The van der Waals surface area contributed by atoms with Crippen molar-refractivity contribution >= 4 is 12.0 Å². The molecule has 1 heterocycles. The summed E-state index contributed by atoms with van der Waals surface area (Å²) in [5.74, 6) is -0.998. The third kappa shape index (κ3) is 5.00. The van der Waals surface area contributed by atoms with Crippen LogP contribution in [0.15, 0.2) is 0 Å². The summed E-state index contributed by atoms with van der Waals surface area (Å²) in [7, 11) is 0. The van der Waals surface area contributed by atoms with Gasteiger partial charge >= 0.3 is 12.0 Å². The molecule has 6 nitrogen and oxygen atoms in total. The van der Waals surface area contributed by atoms with E-state index in [2.05, 4.69) is 5.32 Å². The normalized spacial score (nSPS) is 21.1. The van der Waals surface area contributed by atoms with Gasteiger partial charge < -0.3 is 20.4 Å². The predicted octanol–water partition coefficient (Wildman–Crippen LogP) is 1.58. The molecular formula is C14H26N2O4. The highest BCUT2D eigenvalue weighted by Crippen LogP contribution is 2.17. The van der Waals surface area contributed by atoms with E-state index in [-0.39, 0.29) is 18.7 Å². The minimum atomic E-state index is -0.998. The van der Waals surface area contributed by atoms with Crippen molar-refractivity contribution in [2.24, 2.45) is 0 Å². The van der Waals surface area contributed by atoms with Gasteiger partial charge in [-0.05, 0) is 19.3 Å². The lowest BCUT2D eigenvalue weighted by Crippen LogP contribution is -2.52. The monoisotopic (exact) mass is 286 g/mol. The van der Waals surface area contributed by atoms with Crippen molar-refractivity contribution in [3.8, 4) is 0 Å². The SMILES string of the molecule is CCCCC(NC(=O)N1CCCCCC1CO)C(=O)O. The number of nitrogens with zero attached hydrogens (tertiary/aromatic N) is 1. The largest absolute Gasteiger partial charge is 0.480 e. The maximum absolute atomic E-state index is 12.2. The number of carbonyl (C=O) groups is 2. The fourth-order valence-electron chi connectivity index (χ4n) is 2.53. The molecular weight excluding hydrogens is 260 g/mol. The molecule has 0 bridgehead atoms. The van der Waals surface area contributed by atoms with Crippen LogP contribution in [0, 0.1) is 0 Å². The van der Waals surface area contributed by atoms with Crippen LogP contribution in [0.5, 0.6) is 0 Å². The van der Waals surface area contributed by atoms with Crippen LogP contribution in [0.25, 0.3) is 0 Å². The zero-order valence-electron chi connectivity index (χ0n) is 12.2. The van der Waals surface area contributed by atoms with E-state index in [1.807, 2.05) is 6.92 Å². The highest BCUT2D eigenvalue weighted by Gasteiger charge is 2.28. The van der Waals surface area contributed by atoms with Crippen molar-refractivity contribution in [3.63, 3.8) is 0 Å². The maximum Gasteiger partial charge on any atom is 0.326 e. The lowest BCUT2D eigenvalue weighted by Gasteiger charge is -2.30. The number of hydrogen-bond donors (Lipinski definition) is 3. The smallest absolute Gasteiger partial charge is 0.326 e. The average Bonchev–Trinajstić information content (AvgIpc) is 2.67. The first kappa shape index (κ1) is 16.8. The zero-order valence-corrected chi connectivity index (χ0v) is 12.2. The molecule has 1 saturated heterocycles. The molecule has 20 heavy (non-hydrogen) atoms. The molecule has 1 aliphatic heterocycles. The number of carboxylic acid groups (broad SMARTS) is 1. The minimum Gasteiger partial charge on any atom is -0.480 e. The van der Waals surface area contributed by atoms with Crippen LogP contribution in [0.2, 0.25) is 0 Å². The summed E-state index contributed by atoms with van der Waals surface area (Å²) in [6.07, 6.45) is 5.80. The van der Waals surface area contributed by atoms with Gasteiger partial charge in [0.1, 0.15) is 6.04 Å². The summed E-state index contributed by atoms with van der Waals surface area (Å²) >= 11 is 0. The number of rotatable bonds is 6. The first-order valence-corrected chi connectivity index (χ1v) is 7.51. The van der Waals surface area contributed by atoms with Gasteiger partial charge in [0.05, 0.1) is 12.6 Å². The fourth-order valence-corrected chi connectivity index (χ4v) is 2.53. The number of carboxylic acids is 1. The van der Waals surface area contributed by atoms with Gasteiger partial charge in [-0.3, -0.25) is 0 Å². The summed E-state index contributed by atoms with van der Waals surface area (Å²) in [6, 6.07) is -1.40.